The monoisotopic (exact) mass is 251 g/mol. The lowest BCUT2D eigenvalue weighted by molar-refractivity contribution is 0.0683. The van der Waals surface area contributed by atoms with Crippen molar-refractivity contribution < 1.29 is 19.4 Å². The number of rotatable bonds is 4. The van der Waals surface area contributed by atoms with E-state index in [-0.39, 0.29) is 17.7 Å². The van der Waals surface area contributed by atoms with Crippen LogP contribution in [-0.2, 0) is 0 Å². The van der Waals surface area contributed by atoms with Gasteiger partial charge in [0, 0.05) is 0 Å². The van der Waals surface area contributed by atoms with Crippen molar-refractivity contribution in [1.29, 1.82) is 0 Å². The van der Waals surface area contributed by atoms with Crippen molar-refractivity contribution in [2.75, 3.05) is 0 Å². The first kappa shape index (κ1) is 12.7. The van der Waals surface area contributed by atoms with Crippen LogP contribution in [0.2, 0.25) is 0 Å². The Bertz CT molecular complexity index is 461. The van der Waals surface area contributed by atoms with Crippen LogP contribution in [0.25, 0.3) is 0 Å². The number of carboxylic acid groups (broad SMARTS) is 1. The Morgan fingerprint density at radius 2 is 2.06 bits per heavy atom. The molecule has 0 unspecified atom stereocenters. The molecule has 0 radical (unpaired) electrons. The fourth-order valence-electron chi connectivity index (χ4n) is 1.37. The molecule has 0 spiro atoms. The van der Waals surface area contributed by atoms with Crippen molar-refractivity contribution in [3.05, 3.63) is 17.8 Å². The van der Waals surface area contributed by atoms with E-state index >= 15 is 0 Å². The summed E-state index contributed by atoms with van der Waals surface area (Å²) in [7, 11) is 0. The van der Waals surface area contributed by atoms with Crippen LogP contribution in [0.15, 0.2) is 12.1 Å². The SMILES string of the molecule is CC(C)(C)Oc1nc(C(=O)O)ccc1OC1CC1. The minimum atomic E-state index is -1.08. The zero-order chi connectivity index (χ0) is 13.3. The summed E-state index contributed by atoms with van der Waals surface area (Å²) >= 11 is 0. The number of aromatic nitrogens is 1. The molecule has 1 saturated carbocycles. The van der Waals surface area contributed by atoms with E-state index in [1.807, 2.05) is 20.8 Å². The van der Waals surface area contributed by atoms with Crippen LogP contribution >= 0.6 is 0 Å². The van der Waals surface area contributed by atoms with Gasteiger partial charge in [-0.1, -0.05) is 0 Å². The molecule has 0 aromatic carbocycles. The molecule has 1 N–H and O–H groups in total. The molecule has 5 nitrogen and oxygen atoms in total. The first-order valence-corrected chi connectivity index (χ1v) is 5.95. The van der Waals surface area contributed by atoms with E-state index in [4.69, 9.17) is 14.6 Å². The van der Waals surface area contributed by atoms with Crippen molar-refractivity contribution in [3.63, 3.8) is 0 Å². The van der Waals surface area contributed by atoms with Gasteiger partial charge in [0.05, 0.1) is 6.10 Å². The predicted octanol–water partition coefficient (Wildman–Crippen LogP) is 2.50. The summed E-state index contributed by atoms with van der Waals surface area (Å²) in [6.45, 7) is 5.63. The van der Waals surface area contributed by atoms with Gasteiger partial charge in [-0.15, -0.1) is 0 Å². The van der Waals surface area contributed by atoms with Gasteiger partial charge >= 0.3 is 5.97 Å². The molecule has 1 aromatic heterocycles. The summed E-state index contributed by atoms with van der Waals surface area (Å²) in [4.78, 5) is 14.9. The zero-order valence-electron chi connectivity index (χ0n) is 10.8. The van der Waals surface area contributed by atoms with Gasteiger partial charge in [-0.25, -0.2) is 9.78 Å². The van der Waals surface area contributed by atoms with Crippen LogP contribution in [0.4, 0.5) is 0 Å². The Balaban J connectivity index is 2.29. The average molecular weight is 251 g/mol. The number of hydrogen-bond acceptors (Lipinski definition) is 4. The van der Waals surface area contributed by atoms with Crippen LogP contribution in [-0.4, -0.2) is 27.8 Å². The third-order valence-corrected chi connectivity index (χ3v) is 2.27. The Morgan fingerprint density at radius 1 is 1.39 bits per heavy atom. The molecule has 0 atom stereocenters. The summed E-state index contributed by atoms with van der Waals surface area (Å²) in [6, 6.07) is 3.03. The lowest BCUT2D eigenvalue weighted by Crippen LogP contribution is -2.24. The topological polar surface area (TPSA) is 68.7 Å². The standard InChI is InChI=1S/C13H17NO4/c1-13(2,3)18-11-10(17-8-4-5-8)7-6-9(14-11)12(15)16/h6-8H,4-5H2,1-3H3,(H,15,16). The molecular weight excluding hydrogens is 234 g/mol. The minimum absolute atomic E-state index is 0.0441. The third kappa shape index (κ3) is 3.35. The van der Waals surface area contributed by atoms with Gasteiger partial charge in [-0.2, -0.15) is 0 Å². The Labute approximate surface area is 106 Å². The number of hydrogen-bond donors (Lipinski definition) is 1. The molecular formula is C13H17NO4. The summed E-state index contributed by atoms with van der Waals surface area (Å²) < 4.78 is 11.3. The zero-order valence-corrected chi connectivity index (χ0v) is 10.8. The minimum Gasteiger partial charge on any atom is -0.485 e. The van der Waals surface area contributed by atoms with E-state index in [1.54, 1.807) is 6.07 Å². The van der Waals surface area contributed by atoms with Gasteiger partial charge in [-0.3, -0.25) is 0 Å². The lowest BCUT2D eigenvalue weighted by atomic mass is 10.2. The van der Waals surface area contributed by atoms with Gasteiger partial charge in [0.2, 0.25) is 0 Å². The van der Waals surface area contributed by atoms with E-state index in [9.17, 15) is 4.79 Å². The van der Waals surface area contributed by atoms with Gasteiger partial charge < -0.3 is 14.6 Å². The van der Waals surface area contributed by atoms with Crippen molar-refractivity contribution in [2.24, 2.45) is 0 Å². The predicted molar refractivity (Wildman–Crippen MR) is 65.2 cm³/mol. The second-order valence-corrected chi connectivity index (χ2v) is 5.34. The molecule has 18 heavy (non-hydrogen) atoms. The highest BCUT2D eigenvalue weighted by molar-refractivity contribution is 5.85. The highest BCUT2D eigenvalue weighted by Crippen LogP contribution is 2.34. The van der Waals surface area contributed by atoms with Crippen LogP contribution in [0, 0.1) is 0 Å². The molecule has 1 aliphatic rings. The summed E-state index contributed by atoms with van der Waals surface area (Å²) in [5.41, 5.74) is -0.497. The Morgan fingerprint density at radius 3 is 2.56 bits per heavy atom. The molecule has 0 saturated heterocycles. The van der Waals surface area contributed by atoms with Gasteiger partial charge in [0.15, 0.2) is 11.4 Å². The highest BCUT2D eigenvalue weighted by Gasteiger charge is 2.27. The summed E-state index contributed by atoms with van der Waals surface area (Å²) in [5, 5.41) is 8.93. The Kier molecular flexibility index (Phi) is 3.15. The first-order chi connectivity index (χ1) is 8.35. The van der Waals surface area contributed by atoms with Gasteiger partial charge in [0.25, 0.3) is 5.88 Å². The van der Waals surface area contributed by atoms with Crippen LogP contribution in [0.5, 0.6) is 11.6 Å². The molecule has 98 valence electrons. The maximum absolute atomic E-state index is 10.9. The van der Waals surface area contributed by atoms with E-state index in [0.29, 0.717) is 5.75 Å². The van der Waals surface area contributed by atoms with Gasteiger partial charge in [-0.05, 0) is 45.7 Å². The Hall–Kier alpha value is -1.78. The molecule has 1 aromatic rings. The number of aromatic carboxylic acids is 1. The number of pyridine rings is 1. The summed E-state index contributed by atoms with van der Waals surface area (Å²) in [5.74, 6) is -0.321. The largest absolute Gasteiger partial charge is 0.485 e. The van der Waals surface area contributed by atoms with Crippen LogP contribution in [0.1, 0.15) is 44.1 Å². The molecule has 1 fully saturated rings. The maximum Gasteiger partial charge on any atom is 0.354 e. The molecule has 0 aliphatic heterocycles. The van der Waals surface area contributed by atoms with Crippen LogP contribution < -0.4 is 9.47 Å². The van der Waals surface area contributed by atoms with Crippen molar-refractivity contribution in [1.82, 2.24) is 4.98 Å². The van der Waals surface area contributed by atoms with Gasteiger partial charge in [0.1, 0.15) is 5.60 Å². The van der Waals surface area contributed by atoms with E-state index in [2.05, 4.69) is 4.98 Å². The number of carbonyl (C=O) groups is 1. The second kappa shape index (κ2) is 4.48. The highest BCUT2D eigenvalue weighted by atomic mass is 16.5. The maximum atomic E-state index is 10.9. The third-order valence-electron chi connectivity index (χ3n) is 2.27. The molecule has 2 rings (SSSR count). The fourth-order valence-corrected chi connectivity index (χ4v) is 1.37. The number of nitrogens with zero attached hydrogens (tertiary/aromatic N) is 1. The van der Waals surface area contributed by atoms with Crippen molar-refractivity contribution in [3.8, 4) is 11.6 Å². The molecule has 5 heteroatoms. The molecule has 0 amide bonds. The van der Waals surface area contributed by atoms with Crippen LogP contribution in [0.3, 0.4) is 0 Å². The van der Waals surface area contributed by atoms with E-state index < -0.39 is 11.6 Å². The van der Waals surface area contributed by atoms with Crippen molar-refractivity contribution in [2.45, 2.75) is 45.3 Å². The fraction of sp³-hybridized carbons (Fsp3) is 0.538. The molecule has 0 bridgehead atoms. The summed E-state index contributed by atoms with van der Waals surface area (Å²) in [6.07, 6.45) is 2.26. The molecule has 1 heterocycles. The number of ether oxygens (including phenoxy) is 2. The van der Waals surface area contributed by atoms with E-state index in [1.165, 1.54) is 6.07 Å². The lowest BCUT2D eigenvalue weighted by Gasteiger charge is -2.22. The quantitative estimate of drug-likeness (QED) is 0.890. The van der Waals surface area contributed by atoms with Crippen molar-refractivity contribution >= 4 is 5.97 Å². The normalized spacial score (nSPS) is 15.3. The average Bonchev–Trinajstić information content (AvgIpc) is 3.02. The first-order valence-electron chi connectivity index (χ1n) is 5.95. The van der Waals surface area contributed by atoms with E-state index in [0.717, 1.165) is 12.8 Å². The second-order valence-electron chi connectivity index (χ2n) is 5.34. The number of carboxylic acids is 1. The molecule has 1 aliphatic carbocycles. The smallest absolute Gasteiger partial charge is 0.354 e.